The monoisotopic (exact) mass is 479 g/mol. The van der Waals surface area contributed by atoms with E-state index in [2.05, 4.69) is 10.6 Å². The second kappa shape index (κ2) is 10.1. The molecule has 0 spiro atoms. The van der Waals surface area contributed by atoms with Crippen molar-refractivity contribution in [2.45, 2.75) is 45.6 Å². The first-order valence-corrected chi connectivity index (χ1v) is 11.3. The summed E-state index contributed by atoms with van der Waals surface area (Å²) in [6.45, 7) is 3.39. The fraction of sp³-hybridized carbons (Fsp3) is 0.381. The van der Waals surface area contributed by atoms with Gasteiger partial charge >= 0.3 is 5.97 Å². The minimum Gasteiger partial charge on any atom is -0.462 e. The quantitative estimate of drug-likeness (QED) is 0.336. The van der Waals surface area contributed by atoms with Crippen LogP contribution in [0.1, 0.15) is 68.6 Å². The van der Waals surface area contributed by atoms with Crippen molar-refractivity contribution in [3.05, 3.63) is 54.9 Å². The van der Waals surface area contributed by atoms with Gasteiger partial charge in [0, 0.05) is 17.7 Å². The number of hydrogen-bond donors (Lipinski definition) is 2. The van der Waals surface area contributed by atoms with Crippen LogP contribution in [0, 0.1) is 17.0 Å². The third kappa shape index (κ3) is 5.08. The lowest BCUT2D eigenvalue weighted by Crippen LogP contribution is -2.32. The molecule has 0 bridgehead atoms. The highest BCUT2D eigenvalue weighted by atomic mass is 35.5. The Bertz CT molecular complexity index is 1080. The predicted molar refractivity (Wildman–Crippen MR) is 121 cm³/mol. The number of carbonyl (C=O) groups is 3. The maximum absolute atomic E-state index is 12.8. The highest BCUT2D eigenvalue weighted by Crippen LogP contribution is 2.35. The first kappa shape index (κ1) is 23.7. The van der Waals surface area contributed by atoms with E-state index in [0.717, 1.165) is 43.1 Å². The Kier molecular flexibility index (Phi) is 7.47. The fourth-order valence-corrected chi connectivity index (χ4v) is 4.84. The highest BCUT2D eigenvalue weighted by Gasteiger charge is 2.28. The van der Waals surface area contributed by atoms with Gasteiger partial charge in [-0.3, -0.25) is 19.7 Å². The second-order valence-electron chi connectivity index (χ2n) is 7.31. The molecule has 170 valence electrons. The van der Waals surface area contributed by atoms with Crippen LogP contribution in [-0.2, 0) is 4.74 Å². The summed E-state index contributed by atoms with van der Waals surface area (Å²) in [4.78, 5) is 48.9. The third-order valence-electron chi connectivity index (χ3n) is 5.16. The Morgan fingerprint density at radius 2 is 1.94 bits per heavy atom. The summed E-state index contributed by atoms with van der Waals surface area (Å²) in [6.07, 6.45) is 3.91. The lowest BCUT2D eigenvalue weighted by Gasteiger charge is -2.11. The van der Waals surface area contributed by atoms with Crippen LogP contribution in [0.2, 0.25) is 5.02 Å². The zero-order chi connectivity index (χ0) is 23.4. The number of anilines is 1. The lowest BCUT2D eigenvalue weighted by atomic mass is 10.1. The van der Waals surface area contributed by atoms with Crippen LogP contribution in [0.5, 0.6) is 0 Å². The van der Waals surface area contributed by atoms with Crippen LogP contribution >= 0.6 is 22.9 Å². The van der Waals surface area contributed by atoms with E-state index < -0.39 is 22.5 Å². The second-order valence-corrected chi connectivity index (χ2v) is 8.74. The van der Waals surface area contributed by atoms with Crippen LogP contribution < -0.4 is 10.6 Å². The number of nitrogens with one attached hydrogen (secondary N) is 2. The van der Waals surface area contributed by atoms with Gasteiger partial charge in [0.2, 0.25) is 0 Å². The summed E-state index contributed by atoms with van der Waals surface area (Å²) >= 11 is 6.77. The summed E-state index contributed by atoms with van der Waals surface area (Å²) < 4.78 is 5.11. The first-order chi connectivity index (χ1) is 15.2. The van der Waals surface area contributed by atoms with Gasteiger partial charge in [-0.15, -0.1) is 11.3 Å². The fourth-order valence-electron chi connectivity index (χ4n) is 3.56. The van der Waals surface area contributed by atoms with Gasteiger partial charge in [-0.25, -0.2) is 4.79 Å². The van der Waals surface area contributed by atoms with Gasteiger partial charge in [0.05, 0.1) is 22.0 Å². The Balaban J connectivity index is 1.92. The Hall–Kier alpha value is -2.98. The summed E-state index contributed by atoms with van der Waals surface area (Å²) in [6, 6.07) is 3.72. The molecule has 1 aromatic heterocycles. The van der Waals surface area contributed by atoms with E-state index >= 15 is 0 Å². The van der Waals surface area contributed by atoms with Gasteiger partial charge in [-0.2, -0.15) is 0 Å². The number of nitro groups is 1. The highest BCUT2D eigenvalue weighted by molar-refractivity contribution is 7.18. The molecule has 1 aromatic carbocycles. The average Bonchev–Trinajstić information content (AvgIpc) is 3.35. The minimum atomic E-state index is -0.691. The summed E-state index contributed by atoms with van der Waals surface area (Å²) in [5, 5.41) is 16.7. The zero-order valence-electron chi connectivity index (χ0n) is 17.5. The molecule has 0 atom stereocenters. The van der Waals surface area contributed by atoms with E-state index in [1.165, 1.54) is 12.1 Å². The first-order valence-electron chi connectivity index (χ1n) is 10.1. The number of hydrogen-bond acceptors (Lipinski definition) is 7. The Morgan fingerprint density at radius 3 is 2.56 bits per heavy atom. The molecule has 2 N–H and O–H groups in total. The van der Waals surface area contributed by atoms with Gasteiger partial charge in [0.25, 0.3) is 17.5 Å². The van der Waals surface area contributed by atoms with Crippen molar-refractivity contribution in [3.63, 3.8) is 0 Å². The number of thiophene rings is 1. The van der Waals surface area contributed by atoms with Crippen LogP contribution in [-0.4, -0.2) is 35.4 Å². The van der Waals surface area contributed by atoms with Crippen molar-refractivity contribution in [1.82, 2.24) is 5.32 Å². The van der Waals surface area contributed by atoms with Crippen LogP contribution in [0.3, 0.4) is 0 Å². The summed E-state index contributed by atoms with van der Waals surface area (Å²) in [7, 11) is 0. The molecule has 32 heavy (non-hydrogen) atoms. The lowest BCUT2D eigenvalue weighted by molar-refractivity contribution is -0.384. The van der Waals surface area contributed by atoms with Crippen molar-refractivity contribution in [2.75, 3.05) is 11.9 Å². The third-order valence-corrected chi connectivity index (χ3v) is 6.68. The number of halogens is 1. The van der Waals surface area contributed by atoms with Gasteiger partial charge in [0.15, 0.2) is 0 Å². The SMILES string of the molecule is CCOC(=O)c1c(NC(=O)c2ccc(Cl)c([N+](=O)[O-])c2)sc(C(=O)NC2CCCC2)c1C. The van der Waals surface area contributed by atoms with E-state index in [4.69, 9.17) is 16.3 Å². The molecule has 9 nitrogen and oxygen atoms in total. The predicted octanol–water partition coefficient (Wildman–Crippen LogP) is 4.72. The average molecular weight is 480 g/mol. The largest absolute Gasteiger partial charge is 0.462 e. The molecule has 1 aliphatic rings. The molecule has 0 unspecified atom stereocenters. The topological polar surface area (TPSA) is 128 Å². The maximum Gasteiger partial charge on any atom is 0.341 e. The van der Waals surface area contributed by atoms with Gasteiger partial charge in [-0.05, 0) is 44.4 Å². The molecule has 11 heteroatoms. The molecule has 3 rings (SSSR count). The standard InChI is InChI=1S/C21H22ClN3O6S/c1-3-31-21(28)16-11(2)17(19(27)23-13-6-4-5-7-13)32-20(16)24-18(26)12-8-9-14(22)15(10-12)25(29)30/h8-10,13H,3-7H2,1-2H3,(H,23,27)(H,24,26). The van der Waals surface area contributed by atoms with Crippen molar-refractivity contribution < 1.29 is 24.0 Å². The molecular formula is C21H22ClN3O6S. The number of rotatable bonds is 7. The number of benzene rings is 1. The normalized spacial score (nSPS) is 13.6. The van der Waals surface area contributed by atoms with Crippen molar-refractivity contribution >= 4 is 51.4 Å². The summed E-state index contributed by atoms with van der Waals surface area (Å²) in [5.74, 6) is -1.66. The van der Waals surface area contributed by atoms with E-state index in [9.17, 15) is 24.5 Å². The number of carbonyl (C=O) groups excluding carboxylic acids is 3. The molecule has 1 aliphatic carbocycles. The number of nitrogens with zero attached hydrogens (tertiary/aromatic N) is 1. The smallest absolute Gasteiger partial charge is 0.341 e. The molecule has 0 saturated heterocycles. The van der Waals surface area contributed by atoms with Crippen LogP contribution in [0.15, 0.2) is 18.2 Å². The van der Waals surface area contributed by atoms with E-state index in [1.54, 1.807) is 13.8 Å². The van der Waals surface area contributed by atoms with Crippen LogP contribution in [0.25, 0.3) is 0 Å². The van der Waals surface area contributed by atoms with Crippen molar-refractivity contribution in [3.8, 4) is 0 Å². The minimum absolute atomic E-state index is 0.0149. The van der Waals surface area contributed by atoms with Gasteiger partial charge in [-0.1, -0.05) is 24.4 Å². The van der Waals surface area contributed by atoms with E-state index in [1.807, 2.05) is 0 Å². The molecule has 0 radical (unpaired) electrons. The summed E-state index contributed by atoms with van der Waals surface area (Å²) in [5.41, 5.74) is 0.0643. The van der Waals surface area contributed by atoms with E-state index in [0.29, 0.717) is 10.4 Å². The van der Waals surface area contributed by atoms with Crippen molar-refractivity contribution in [1.29, 1.82) is 0 Å². The Labute approximate surface area is 193 Å². The molecular weight excluding hydrogens is 458 g/mol. The molecule has 1 saturated carbocycles. The number of nitro benzene ring substituents is 1. The molecule has 1 fully saturated rings. The molecule has 2 amide bonds. The Morgan fingerprint density at radius 1 is 1.25 bits per heavy atom. The molecule has 0 aliphatic heterocycles. The van der Waals surface area contributed by atoms with E-state index in [-0.39, 0.29) is 39.7 Å². The maximum atomic E-state index is 12.8. The van der Waals surface area contributed by atoms with Gasteiger partial charge in [0.1, 0.15) is 10.0 Å². The van der Waals surface area contributed by atoms with Crippen molar-refractivity contribution in [2.24, 2.45) is 0 Å². The number of ether oxygens (including phenoxy) is 1. The number of amides is 2. The zero-order valence-corrected chi connectivity index (χ0v) is 19.1. The molecule has 1 heterocycles. The van der Waals surface area contributed by atoms with Gasteiger partial charge < -0.3 is 15.4 Å². The van der Waals surface area contributed by atoms with Crippen LogP contribution in [0.4, 0.5) is 10.7 Å². The number of esters is 1. The molecule has 2 aromatic rings.